The van der Waals surface area contributed by atoms with E-state index in [2.05, 4.69) is 22.2 Å². The van der Waals surface area contributed by atoms with Crippen LogP contribution < -0.4 is 0 Å². The highest BCUT2D eigenvalue weighted by atomic mass is 32.1. The first-order valence-electron chi connectivity index (χ1n) is 5.29. The second-order valence-corrected chi connectivity index (χ2v) is 4.29. The molecule has 0 atom stereocenters. The van der Waals surface area contributed by atoms with Gasteiger partial charge in [-0.3, -0.25) is 4.98 Å². The van der Waals surface area contributed by atoms with Gasteiger partial charge < -0.3 is 4.98 Å². The molecule has 0 saturated carbocycles. The maximum absolute atomic E-state index is 12.9. The van der Waals surface area contributed by atoms with Crippen molar-refractivity contribution in [3.63, 3.8) is 0 Å². The summed E-state index contributed by atoms with van der Waals surface area (Å²) in [6.07, 6.45) is -7.86. The Morgan fingerprint density at radius 2 is 1.71 bits per heavy atom. The zero-order valence-electron chi connectivity index (χ0n) is 9.88. The molecule has 0 bridgehead atoms. The summed E-state index contributed by atoms with van der Waals surface area (Å²) < 4.78 is 76.0. The van der Waals surface area contributed by atoms with Gasteiger partial charge in [-0.2, -0.15) is 26.3 Å². The lowest BCUT2D eigenvalue weighted by Crippen LogP contribution is -2.11. The summed E-state index contributed by atoms with van der Waals surface area (Å²) in [5.41, 5.74) is -3.55. The van der Waals surface area contributed by atoms with E-state index in [0.29, 0.717) is 12.1 Å². The summed E-state index contributed by atoms with van der Waals surface area (Å²) >= 11 is 4.52. The molecule has 2 rings (SSSR count). The van der Waals surface area contributed by atoms with Gasteiger partial charge in [0.05, 0.1) is 11.3 Å². The molecule has 0 aliphatic rings. The molecule has 2 aromatic heterocycles. The fourth-order valence-electron chi connectivity index (χ4n) is 1.59. The highest BCUT2D eigenvalue weighted by Crippen LogP contribution is 2.37. The van der Waals surface area contributed by atoms with E-state index in [1.54, 1.807) is 4.98 Å². The minimum atomic E-state index is -4.79. The first kappa shape index (κ1) is 15.4. The number of rotatable bonds is 1. The zero-order chi connectivity index (χ0) is 15.8. The summed E-state index contributed by atoms with van der Waals surface area (Å²) in [5.74, 6) is 0. The number of aromatic amines is 1. The number of hydrogen-bond donors (Lipinski definition) is 1. The molecule has 0 aliphatic carbocycles. The van der Waals surface area contributed by atoms with Crippen molar-refractivity contribution in [2.45, 2.75) is 12.4 Å². The number of H-pyrrole nitrogens is 1. The smallest absolute Gasteiger partial charge is 0.327 e. The van der Waals surface area contributed by atoms with E-state index < -0.39 is 39.6 Å². The standard InChI is InChI=1S/C11H5F6N3S/c12-10(13,14)6-1-2-18-4-5(6)7-3-8(11(15,16)17)20-9(21)19-7/h1-4H,(H,19,20,21). The second-order valence-electron chi connectivity index (χ2n) is 3.90. The molecule has 0 fully saturated rings. The maximum Gasteiger partial charge on any atom is 0.431 e. The molecule has 10 heteroatoms. The van der Waals surface area contributed by atoms with Crippen molar-refractivity contribution < 1.29 is 26.3 Å². The molecule has 2 aromatic rings. The van der Waals surface area contributed by atoms with E-state index >= 15 is 0 Å². The van der Waals surface area contributed by atoms with Gasteiger partial charge in [0.25, 0.3) is 0 Å². The van der Waals surface area contributed by atoms with Crippen LogP contribution in [0.2, 0.25) is 0 Å². The Kier molecular flexibility index (Phi) is 3.74. The van der Waals surface area contributed by atoms with Crippen LogP contribution in [0.1, 0.15) is 11.3 Å². The number of halogens is 6. The van der Waals surface area contributed by atoms with Crippen LogP contribution in [0.3, 0.4) is 0 Å². The molecule has 2 heterocycles. The van der Waals surface area contributed by atoms with Gasteiger partial charge in [0.2, 0.25) is 0 Å². The van der Waals surface area contributed by atoms with Crippen molar-refractivity contribution in [1.29, 1.82) is 0 Å². The van der Waals surface area contributed by atoms with Crippen LogP contribution in [0.15, 0.2) is 24.5 Å². The molecule has 3 nitrogen and oxygen atoms in total. The molecular weight excluding hydrogens is 320 g/mol. The van der Waals surface area contributed by atoms with Crippen molar-refractivity contribution in [2.75, 3.05) is 0 Å². The lowest BCUT2D eigenvalue weighted by Gasteiger charge is -2.13. The predicted octanol–water partition coefficient (Wildman–Crippen LogP) is 4.24. The average Bonchev–Trinajstić information content (AvgIpc) is 2.36. The van der Waals surface area contributed by atoms with Gasteiger partial charge in [-0.15, -0.1) is 0 Å². The van der Waals surface area contributed by atoms with Gasteiger partial charge in [0.1, 0.15) is 5.69 Å². The molecule has 0 saturated heterocycles. The Hall–Kier alpha value is -1.97. The summed E-state index contributed by atoms with van der Waals surface area (Å²) in [4.78, 5) is 8.79. The second kappa shape index (κ2) is 5.10. The number of nitrogens with zero attached hydrogens (tertiary/aromatic N) is 2. The highest BCUT2D eigenvalue weighted by Gasteiger charge is 2.36. The van der Waals surface area contributed by atoms with Crippen molar-refractivity contribution in [3.8, 4) is 11.3 Å². The van der Waals surface area contributed by atoms with Crippen LogP contribution >= 0.6 is 12.2 Å². The Morgan fingerprint density at radius 1 is 1.05 bits per heavy atom. The first-order valence-corrected chi connectivity index (χ1v) is 5.70. The Balaban J connectivity index is 2.69. The first-order chi connectivity index (χ1) is 9.59. The largest absolute Gasteiger partial charge is 0.431 e. The van der Waals surface area contributed by atoms with E-state index in [1.165, 1.54) is 0 Å². The van der Waals surface area contributed by atoms with E-state index in [4.69, 9.17) is 0 Å². The molecule has 0 spiro atoms. The number of nitrogens with one attached hydrogen (secondary N) is 1. The van der Waals surface area contributed by atoms with Gasteiger partial charge >= 0.3 is 12.4 Å². The van der Waals surface area contributed by atoms with E-state index in [1.807, 2.05) is 0 Å². The van der Waals surface area contributed by atoms with Crippen molar-refractivity contribution in [2.24, 2.45) is 0 Å². The van der Waals surface area contributed by atoms with Crippen LogP contribution in [-0.2, 0) is 12.4 Å². The summed E-state index contributed by atoms with van der Waals surface area (Å²) in [7, 11) is 0. The zero-order valence-corrected chi connectivity index (χ0v) is 10.7. The van der Waals surface area contributed by atoms with Crippen LogP contribution in [0.5, 0.6) is 0 Å². The number of hydrogen-bond acceptors (Lipinski definition) is 3. The molecule has 0 radical (unpaired) electrons. The SMILES string of the molecule is FC(F)(F)c1cc(-c2cnccc2C(F)(F)F)nc(=S)[nH]1. The predicted molar refractivity (Wildman–Crippen MR) is 62.7 cm³/mol. The Labute approximate surface area is 118 Å². The van der Waals surface area contributed by atoms with Gasteiger partial charge in [-0.05, 0) is 24.4 Å². The molecule has 0 amide bonds. The van der Waals surface area contributed by atoms with Gasteiger partial charge in [0, 0.05) is 18.0 Å². The lowest BCUT2D eigenvalue weighted by molar-refractivity contribution is -0.141. The van der Waals surface area contributed by atoms with Gasteiger partial charge in [-0.1, -0.05) is 0 Å². The topological polar surface area (TPSA) is 41.6 Å². The van der Waals surface area contributed by atoms with Gasteiger partial charge in [-0.25, -0.2) is 4.98 Å². The third-order valence-corrected chi connectivity index (χ3v) is 2.65. The van der Waals surface area contributed by atoms with Crippen LogP contribution in [0, 0.1) is 4.77 Å². The quantitative estimate of drug-likeness (QED) is 0.630. The summed E-state index contributed by atoms with van der Waals surface area (Å²) in [5, 5.41) is 0. The molecule has 0 aliphatic heterocycles. The minimum Gasteiger partial charge on any atom is -0.327 e. The number of aromatic nitrogens is 3. The van der Waals surface area contributed by atoms with Crippen LogP contribution in [0.25, 0.3) is 11.3 Å². The number of alkyl halides is 6. The van der Waals surface area contributed by atoms with E-state index in [-0.39, 0.29) is 0 Å². The Bertz CT molecular complexity index is 719. The molecule has 21 heavy (non-hydrogen) atoms. The molecule has 0 aromatic carbocycles. The van der Waals surface area contributed by atoms with E-state index in [9.17, 15) is 26.3 Å². The van der Waals surface area contributed by atoms with Crippen molar-refractivity contribution in [3.05, 3.63) is 40.6 Å². The van der Waals surface area contributed by atoms with Crippen LogP contribution in [0.4, 0.5) is 26.3 Å². The Morgan fingerprint density at radius 3 is 2.29 bits per heavy atom. The molecule has 0 unspecified atom stereocenters. The molecule has 112 valence electrons. The third-order valence-electron chi connectivity index (χ3n) is 2.45. The monoisotopic (exact) mass is 325 g/mol. The van der Waals surface area contributed by atoms with Crippen molar-refractivity contribution in [1.82, 2.24) is 15.0 Å². The fourth-order valence-corrected chi connectivity index (χ4v) is 1.80. The van der Waals surface area contributed by atoms with Crippen molar-refractivity contribution >= 4 is 12.2 Å². The third kappa shape index (κ3) is 3.38. The summed E-state index contributed by atoms with van der Waals surface area (Å²) in [6.45, 7) is 0. The summed E-state index contributed by atoms with van der Waals surface area (Å²) in [6, 6.07) is 1.12. The molecule has 1 N–H and O–H groups in total. The van der Waals surface area contributed by atoms with Gasteiger partial charge in [0.15, 0.2) is 4.77 Å². The lowest BCUT2D eigenvalue weighted by atomic mass is 10.1. The number of pyridine rings is 1. The highest BCUT2D eigenvalue weighted by molar-refractivity contribution is 7.71. The van der Waals surface area contributed by atoms with E-state index in [0.717, 1.165) is 12.4 Å². The average molecular weight is 325 g/mol. The molecular formula is C11H5F6N3S. The van der Waals surface area contributed by atoms with Crippen LogP contribution in [-0.4, -0.2) is 15.0 Å². The fraction of sp³-hybridized carbons (Fsp3) is 0.182. The normalized spacial score (nSPS) is 12.5. The minimum absolute atomic E-state index is 0.460. The maximum atomic E-state index is 12.9.